The third-order valence-corrected chi connectivity index (χ3v) is 2.52. The van der Waals surface area contributed by atoms with E-state index in [-0.39, 0.29) is 0 Å². The molecule has 0 amide bonds. The first-order valence-corrected chi connectivity index (χ1v) is 5.55. The van der Waals surface area contributed by atoms with Crippen molar-refractivity contribution in [3.8, 4) is 0 Å². The molecule has 0 aromatic carbocycles. The van der Waals surface area contributed by atoms with Crippen LogP contribution in [0.15, 0.2) is 0 Å². The zero-order valence-electron chi connectivity index (χ0n) is 10.1. The predicted octanol–water partition coefficient (Wildman–Crippen LogP) is 0.352. The molecule has 1 saturated heterocycles. The second-order valence-corrected chi connectivity index (χ2v) is 4.37. The quantitative estimate of drug-likeness (QED) is 0.709. The minimum absolute atomic E-state index is 0.291. The lowest BCUT2D eigenvalue weighted by atomic mass is 9.86. The Hall–Kier alpha value is -0.650. The zero-order valence-corrected chi connectivity index (χ0v) is 10.1. The van der Waals surface area contributed by atoms with Crippen LogP contribution < -0.4 is 0 Å². The molecule has 0 aromatic heterocycles. The molecule has 0 radical (unpaired) electrons. The lowest BCUT2D eigenvalue weighted by Crippen LogP contribution is -2.50. The van der Waals surface area contributed by atoms with E-state index in [2.05, 4.69) is 0 Å². The Morgan fingerprint density at radius 1 is 1.56 bits per heavy atom. The Bertz CT molecular complexity index is 227. The monoisotopic (exact) mass is 232 g/mol. The van der Waals surface area contributed by atoms with Crippen LogP contribution in [0.5, 0.6) is 0 Å². The molecule has 5 heteroatoms. The number of carbonyl (C=O) groups is 1. The van der Waals surface area contributed by atoms with E-state index >= 15 is 0 Å². The van der Waals surface area contributed by atoms with Crippen molar-refractivity contribution in [3.63, 3.8) is 0 Å². The van der Waals surface area contributed by atoms with Crippen LogP contribution in [0, 0.1) is 5.92 Å². The Labute approximate surface area is 95.7 Å². The first-order chi connectivity index (χ1) is 7.46. The van der Waals surface area contributed by atoms with Gasteiger partial charge in [-0.2, -0.15) is 0 Å². The van der Waals surface area contributed by atoms with E-state index in [1.54, 1.807) is 20.8 Å². The van der Waals surface area contributed by atoms with Gasteiger partial charge in [-0.1, -0.05) is 0 Å². The van der Waals surface area contributed by atoms with Crippen molar-refractivity contribution < 1.29 is 24.1 Å². The van der Waals surface area contributed by atoms with Crippen molar-refractivity contribution in [2.24, 2.45) is 5.92 Å². The van der Waals surface area contributed by atoms with Gasteiger partial charge in [0.1, 0.15) is 5.92 Å². The fourth-order valence-corrected chi connectivity index (χ4v) is 1.83. The topological polar surface area (TPSA) is 65.0 Å². The normalized spacial score (nSPS) is 23.9. The molecule has 5 nitrogen and oxygen atoms in total. The summed E-state index contributed by atoms with van der Waals surface area (Å²) < 4.78 is 15.6. The first kappa shape index (κ1) is 13.4. The molecule has 0 aromatic rings. The summed E-state index contributed by atoms with van der Waals surface area (Å²) in [6, 6.07) is 0. The highest BCUT2D eigenvalue weighted by Crippen LogP contribution is 2.25. The van der Waals surface area contributed by atoms with E-state index in [9.17, 15) is 9.90 Å². The molecule has 1 fully saturated rings. The molecule has 1 aliphatic heterocycles. The maximum Gasteiger partial charge on any atom is 0.314 e. The van der Waals surface area contributed by atoms with E-state index < -0.39 is 23.6 Å². The number of ether oxygens (including phenoxy) is 3. The fraction of sp³-hybridized carbons (Fsp3) is 0.909. The highest BCUT2D eigenvalue weighted by atomic mass is 16.6. The SMILES string of the molecule is CCOC(=O)C(C1COCCO1)C(C)(C)O. The van der Waals surface area contributed by atoms with Crippen molar-refractivity contribution >= 4 is 5.97 Å². The number of hydrogen-bond acceptors (Lipinski definition) is 5. The molecule has 1 heterocycles. The van der Waals surface area contributed by atoms with Gasteiger partial charge in [-0.3, -0.25) is 4.79 Å². The van der Waals surface area contributed by atoms with Crippen molar-refractivity contribution in [2.75, 3.05) is 26.4 Å². The van der Waals surface area contributed by atoms with E-state index in [0.717, 1.165) is 0 Å². The van der Waals surface area contributed by atoms with Crippen LogP contribution in [0.3, 0.4) is 0 Å². The minimum Gasteiger partial charge on any atom is -0.466 e. The second-order valence-electron chi connectivity index (χ2n) is 4.37. The summed E-state index contributed by atoms with van der Waals surface area (Å²) in [5.41, 5.74) is -1.18. The molecule has 0 bridgehead atoms. The summed E-state index contributed by atoms with van der Waals surface area (Å²) in [6.07, 6.45) is -0.437. The van der Waals surface area contributed by atoms with Gasteiger partial charge in [0.2, 0.25) is 0 Å². The van der Waals surface area contributed by atoms with Gasteiger partial charge >= 0.3 is 5.97 Å². The zero-order chi connectivity index (χ0) is 12.2. The van der Waals surface area contributed by atoms with Crippen LogP contribution in [0.1, 0.15) is 20.8 Å². The molecule has 16 heavy (non-hydrogen) atoms. The van der Waals surface area contributed by atoms with Gasteiger partial charge in [-0.25, -0.2) is 0 Å². The molecule has 1 N–H and O–H groups in total. The van der Waals surface area contributed by atoms with Crippen molar-refractivity contribution in [2.45, 2.75) is 32.5 Å². The average molecular weight is 232 g/mol. The number of carbonyl (C=O) groups excluding carboxylic acids is 1. The number of aliphatic hydroxyl groups is 1. The largest absolute Gasteiger partial charge is 0.466 e. The van der Waals surface area contributed by atoms with E-state index in [0.29, 0.717) is 26.4 Å². The lowest BCUT2D eigenvalue weighted by molar-refractivity contribution is -0.182. The van der Waals surface area contributed by atoms with Crippen LogP contribution in [0.2, 0.25) is 0 Å². The summed E-state index contributed by atoms with van der Waals surface area (Å²) >= 11 is 0. The third-order valence-electron chi connectivity index (χ3n) is 2.52. The highest BCUT2D eigenvalue weighted by Gasteiger charge is 2.42. The van der Waals surface area contributed by atoms with Crippen molar-refractivity contribution in [1.29, 1.82) is 0 Å². The standard InChI is InChI=1S/C11H20O5/c1-4-15-10(12)9(11(2,3)13)8-7-14-5-6-16-8/h8-9,13H,4-7H2,1-3H3. The first-order valence-electron chi connectivity index (χ1n) is 5.55. The van der Waals surface area contributed by atoms with Crippen LogP contribution in [-0.4, -0.2) is 49.2 Å². The molecule has 0 aliphatic carbocycles. The molecule has 2 unspecified atom stereocenters. The van der Waals surface area contributed by atoms with Gasteiger partial charge < -0.3 is 19.3 Å². The smallest absolute Gasteiger partial charge is 0.314 e. The van der Waals surface area contributed by atoms with Gasteiger partial charge in [0, 0.05) is 0 Å². The Morgan fingerprint density at radius 3 is 2.69 bits per heavy atom. The Balaban J connectivity index is 2.73. The molecular formula is C11H20O5. The number of rotatable bonds is 4. The van der Waals surface area contributed by atoms with Gasteiger partial charge in [0.15, 0.2) is 0 Å². The molecule has 1 aliphatic rings. The van der Waals surface area contributed by atoms with E-state index in [1.807, 2.05) is 0 Å². The Kier molecular flexibility index (Phi) is 4.70. The molecule has 2 atom stereocenters. The average Bonchev–Trinajstić information content (AvgIpc) is 2.17. The molecule has 1 rings (SSSR count). The molecule has 0 saturated carbocycles. The number of hydrogen-bond donors (Lipinski definition) is 1. The summed E-state index contributed by atoms with van der Waals surface area (Å²) in [5, 5.41) is 9.99. The fourth-order valence-electron chi connectivity index (χ4n) is 1.83. The van der Waals surface area contributed by atoms with Gasteiger partial charge in [0.25, 0.3) is 0 Å². The van der Waals surface area contributed by atoms with E-state index in [1.165, 1.54) is 0 Å². The van der Waals surface area contributed by atoms with E-state index in [4.69, 9.17) is 14.2 Å². The lowest BCUT2D eigenvalue weighted by Gasteiger charge is -2.35. The summed E-state index contributed by atoms with van der Waals surface area (Å²) in [5.74, 6) is -1.15. The summed E-state index contributed by atoms with van der Waals surface area (Å²) in [6.45, 7) is 6.46. The highest BCUT2D eigenvalue weighted by molar-refractivity contribution is 5.74. The second kappa shape index (κ2) is 5.61. The predicted molar refractivity (Wildman–Crippen MR) is 57.0 cm³/mol. The summed E-state index contributed by atoms with van der Waals surface area (Å²) in [4.78, 5) is 11.8. The minimum atomic E-state index is -1.18. The van der Waals surface area contributed by atoms with Crippen LogP contribution in [0.4, 0.5) is 0 Å². The van der Waals surface area contributed by atoms with Gasteiger partial charge in [0.05, 0.1) is 38.1 Å². The van der Waals surface area contributed by atoms with Crippen LogP contribution in [-0.2, 0) is 19.0 Å². The molecular weight excluding hydrogens is 212 g/mol. The van der Waals surface area contributed by atoms with Crippen molar-refractivity contribution in [3.05, 3.63) is 0 Å². The van der Waals surface area contributed by atoms with Crippen molar-refractivity contribution in [1.82, 2.24) is 0 Å². The molecule has 94 valence electrons. The van der Waals surface area contributed by atoms with Crippen LogP contribution in [0.25, 0.3) is 0 Å². The van der Waals surface area contributed by atoms with Gasteiger partial charge in [-0.15, -0.1) is 0 Å². The molecule has 0 spiro atoms. The number of esters is 1. The maximum atomic E-state index is 11.8. The van der Waals surface area contributed by atoms with Crippen LogP contribution >= 0.6 is 0 Å². The third kappa shape index (κ3) is 3.43. The van der Waals surface area contributed by atoms with Gasteiger partial charge in [-0.05, 0) is 20.8 Å². The summed E-state index contributed by atoms with van der Waals surface area (Å²) in [7, 11) is 0. The Morgan fingerprint density at radius 2 is 2.25 bits per heavy atom. The maximum absolute atomic E-state index is 11.8.